The van der Waals surface area contributed by atoms with Gasteiger partial charge in [0.1, 0.15) is 11.4 Å². The molecule has 0 aliphatic carbocycles. The summed E-state index contributed by atoms with van der Waals surface area (Å²) in [6.45, 7) is 1.66. The van der Waals surface area contributed by atoms with Crippen LogP contribution in [0, 0.1) is 0 Å². The van der Waals surface area contributed by atoms with E-state index in [0.29, 0.717) is 12.1 Å². The molecule has 1 aromatic carbocycles. The summed E-state index contributed by atoms with van der Waals surface area (Å²) in [7, 11) is 3.63. The highest BCUT2D eigenvalue weighted by molar-refractivity contribution is 5.78. The number of benzene rings is 1. The zero-order chi connectivity index (χ0) is 20.1. The van der Waals surface area contributed by atoms with E-state index in [0.717, 1.165) is 54.4 Å². The summed E-state index contributed by atoms with van der Waals surface area (Å²) < 4.78 is 13.2. The molecule has 0 unspecified atom stereocenters. The number of aryl methyl sites for hydroxylation is 1. The normalized spacial score (nSPS) is 16.6. The highest BCUT2D eigenvalue weighted by Crippen LogP contribution is 2.31. The molecule has 7 nitrogen and oxygen atoms in total. The number of anilines is 1. The fraction of sp³-hybridized carbons (Fsp3) is 0.409. The lowest BCUT2D eigenvalue weighted by molar-refractivity contribution is 0.0134. The maximum Gasteiger partial charge on any atom is 0.223 e. The van der Waals surface area contributed by atoms with Crippen molar-refractivity contribution in [2.45, 2.75) is 31.8 Å². The van der Waals surface area contributed by atoms with E-state index in [1.165, 1.54) is 12.8 Å². The quantitative estimate of drug-likeness (QED) is 0.656. The molecule has 152 valence electrons. The summed E-state index contributed by atoms with van der Waals surface area (Å²) in [4.78, 5) is 13.9. The van der Waals surface area contributed by atoms with Crippen molar-refractivity contribution < 1.29 is 9.47 Å². The minimum atomic E-state index is 0.335. The van der Waals surface area contributed by atoms with E-state index < -0.39 is 0 Å². The molecule has 3 aromatic rings. The summed E-state index contributed by atoms with van der Waals surface area (Å²) in [5.74, 6) is 2.19. The lowest BCUT2D eigenvalue weighted by Gasteiger charge is -2.22. The predicted octanol–water partition coefficient (Wildman–Crippen LogP) is 3.92. The molecule has 4 rings (SSSR count). The Kier molecular flexibility index (Phi) is 6.05. The first kappa shape index (κ1) is 19.4. The molecule has 0 amide bonds. The van der Waals surface area contributed by atoms with Gasteiger partial charge in [0.25, 0.3) is 0 Å². The van der Waals surface area contributed by atoms with Crippen molar-refractivity contribution in [3.63, 3.8) is 0 Å². The molecule has 1 fully saturated rings. The molecular formula is C22H27N5O2. The zero-order valence-corrected chi connectivity index (χ0v) is 17.0. The number of nitrogens with zero attached hydrogens (tertiary/aromatic N) is 4. The average Bonchev–Trinajstić information content (AvgIpc) is 3.20. The summed E-state index contributed by atoms with van der Waals surface area (Å²) in [5.41, 5.74) is 2.70. The van der Waals surface area contributed by atoms with Crippen LogP contribution >= 0.6 is 0 Å². The number of nitrogens with one attached hydrogen (secondary N) is 1. The molecular weight excluding hydrogens is 366 g/mol. The van der Waals surface area contributed by atoms with Gasteiger partial charge >= 0.3 is 0 Å². The first-order valence-electron chi connectivity index (χ1n) is 10.1. The third-order valence-electron chi connectivity index (χ3n) is 5.23. The Bertz CT molecular complexity index is 950. The maximum absolute atomic E-state index is 5.81. The number of methoxy groups -OCH3 is 1. The molecule has 3 heterocycles. The molecule has 0 bridgehead atoms. The molecule has 0 radical (unpaired) electrons. The molecule has 1 N–H and O–H groups in total. The minimum absolute atomic E-state index is 0.335. The predicted molar refractivity (Wildman–Crippen MR) is 113 cm³/mol. The number of hydrogen-bond acceptors (Lipinski definition) is 6. The van der Waals surface area contributed by atoms with E-state index in [1.807, 2.05) is 48.3 Å². The lowest BCUT2D eigenvalue weighted by atomic mass is 10.0. The van der Waals surface area contributed by atoms with Crippen LogP contribution < -0.4 is 10.1 Å². The van der Waals surface area contributed by atoms with E-state index in [9.17, 15) is 0 Å². The molecule has 1 atom stereocenters. The van der Waals surface area contributed by atoms with E-state index in [4.69, 9.17) is 14.5 Å². The first-order chi connectivity index (χ1) is 14.2. The van der Waals surface area contributed by atoms with Crippen molar-refractivity contribution in [1.29, 1.82) is 0 Å². The largest absolute Gasteiger partial charge is 0.497 e. The number of imidazole rings is 1. The van der Waals surface area contributed by atoms with Crippen LogP contribution in [-0.2, 0) is 11.8 Å². The monoisotopic (exact) mass is 393 g/mol. The third-order valence-corrected chi connectivity index (χ3v) is 5.23. The van der Waals surface area contributed by atoms with E-state index in [-0.39, 0.29) is 0 Å². The highest BCUT2D eigenvalue weighted by Gasteiger charge is 2.17. The second-order valence-electron chi connectivity index (χ2n) is 7.25. The summed E-state index contributed by atoms with van der Waals surface area (Å²) in [6.07, 6.45) is 10.4. The SMILES string of the molecule is COc1cccc(-c2cnc(NCC[C@H]3CCCCO3)nc2-c2nccn2C)c1. The second kappa shape index (κ2) is 9.05. The van der Waals surface area contributed by atoms with Gasteiger partial charge in [0, 0.05) is 44.4 Å². The molecule has 29 heavy (non-hydrogen) atoms. The van der Waals surface area contributed by atoms with Crippen molar-refractivity contribution in [3.8, 4) is 28.4 Å². The van der Waals surface area contributed by atoms with Gasteiger partial charge in [-0.3, -0.25) is 0 Å². The Hall–Kier alpha value is -2.93. The van der Waals surface area contributed by atoms with Gasteiger partial charge in [-0.1, -0.05) is 12.1 Å². The Morgan fingerprint density at radius 1 is 1.28 bits per heavy atom. The van der Waals surface area contributed by atoms with Crippen molar-refractivity contribution in [2.75, 3.05) is 25.6 Å². The molecule has 2 aromatic heterocycles. The van der Waals surface area contributed by atoms with Crippen molar-refractivity contribution in [1.82, 2.24) is 19.5 Å². The molecule has 1 aliphatic heterocycles. The van der Waals surface area contributed by atoms with Gasteiger partial charge in [-0.25, -0.2) is 15.0 Å². The minimum Gasteiger partial charge on any atom is -0.497 e. The number of aromatic nitrogens is 4. The first-order valence-corrected chi connectivity index (χ1v) is 10.1. The molecule has 7 heteroatoms. The van der Waals surface area contributed by atoms with Gasteiger partial charge in [-0.15, -0.1) is 0 Å². The van der Waals surface area contributed by atoms with Crippen LogP contribution in [0.4, 0.5) is 5.95 Å². The molecule has 1 saturated heterocycles. The van der Waals surface area contributed by atoms with Gasteiger partial charge in [-0.05, 0) is 43.4 Å². The van der Waals surface area contributed by atoms with Crippen LogP contribution in [0.2, 0.25) is 0 Å². The van der Waals surface area contributed by atoms with Crippen LogP contribution in [0.5, 0.6) is 5.75 Å². The Balaban J connectivity index is 1.59. The molecule has 0 spiro atoms. The number of rotatable bonds is 7. The fourth-order valence-corrected chi connectivity index (χ4v) is 3.61. The maximum atomic E-state index is 5.81. The Labute approximate surface area is 171 Å². The van der Waals surface area contributed by atoms with Gasteiger partial charge in [-0.2, -0.15) is 0 Å². The zero-order valence-electron chi connectivity index (χ0n) is 17.0. The fourth-order valence-electron chi connectivity index (χ4n) is 3.61. The van der Waals surface area contributed by atoms with E-state index in [1.54, 1.807) is 13.3 Å². The van der Waals surface area contributed by atoms with Gasteiger partial charge in [0.15, 0.2) is 5.82 Å². The standard InChI is InChI=1S/C22H27N5O2/c1-27-12-11-23-21(27)20-19(16-6-5-8-18(14-16)28-2)15-25-22(26-20)24-10-9-17-7-3-4-13-29-17/h5-6,8,11-12,14-15,17H,3-4,7,9-10,13H2,1-2H3,(H,24,25,26)/t17-/m1/s1. The molecule has 0 saturated carbocycles. The van der Waals surface area contributed by atoms with Gasteiger partial charge < -0.3 is 19.4 Å². The van der Waals surface area contributed by atoms with Crippen LogP contribution in [0.15, 0.2) is 42.9 Å². The number of hydrogen-bond donors (Lipinski definition) is 1. The van der Waals surface area contributed by atoms with Crippen LogP contribution in [0.1, 0.15) is 25.7 Å². The summed E-state index contributed by atoms with van der Waals surface area (Å²) >= 11 is 0. The van der Waals surface area contributed by atoms with Crippen molar-refractivity contribution >= 4 is 5.95 Å². The lowest BCUT2D eigenvalue weighted by Crippen LogP contribution is -2.22. The van der Waals surface area contributed by atoms with Crippen molar-refractivity contribution in [3.05, 3.63) is 42.9 Å². The molecule has 1 aliphatic rings. The summed E-state index contributed by atoms with van der Waals surface area (Å²) in [6, 6.07) is 7.90. The Morgan fingerprint density at radius 3 is 2.97 bits per heavy atom. The topological polar surface area (TPSA) is 74.1 Å². The van der Waals surface area contributed by atoms with Crippen LogP contribution in [-0.4, -0.2) is 45.9 Å². The van der Waals surface area contributed by atoms with Crippen LogP contribution in [0.25, 0.3) is 22.6 Å². The van der Waals surface area contributed by atoms with Crippen LogP contribution in [0.3, 0.4) is 0 Å². The van der Waals surface area contributed by atoms with E-state index in [2.05, 4.69) is 15.3 Å². The Morgan fingerprint density at radius 2 is 2.21 bits per heavy atom. The summed E-state index contributed by atoms with van der Waals surface area (Å²) in [5, 5.41) is 3.35. The third kappa shape index (κ3) is 4.56. The smallest absolute Gasteiger partial charge is 0.223 e. The van der Waals surface area contributed by atoms with E-state index >= 15 is 0 Å². The van der Waals surface area contributed by atoms with Crippen molar-refractivity contribution in [2.24, 2.45) is 7.05 Å². The van der Waals surface area contributed by atoms with Gasteiger partial charge in [0.2, 0.25) is 5.95 Å². The second-order valence-corrected chi connectivity index (χ2v) is 7.25. The average molecular weight is 393 g/mol. The van der Waals surface area contributed by atoms with Gasteiger partial charge in [0.05, 0.1) is 13.2 Å². The number of ether oxygens (including phenoxy) is 2. The highest BCUT2D eigenvalue weighted by atomic mass is 16.5.